The zero-order chi connectivity index (χ0) is 14.4. The Morgan fingerprint density at radius 1 is 1.50 bits per heavy atom. The molecule has 1 aromatic carbocycles. The van der Waals surface area contributed by atoms with Crippen molar-refractivity contribution in [2.24, 2.45) is 5.73 Å². The summed E-state index contributed by atoms with van der Waals surface area (Å²) in [6.07, 6.45) is 0.702. The maximum Gasteiger partial charge on any atom is 0.271 e. The molecule has 20 heavy (non-hydrogen) atoms. The molecule has 2 aromatic rings. The summed E-state index contributed by atoms with van der Waals surface area (Å²) in [7, 11) is 1.62. The summed E-state index contributed by atoms with van der Waals surface area (Å²) in [4.78, 5) is 16.2. The fraction of sp³-hybridized carbons (Fsp3) is 0.286. The molecular weight excluding hydrogens is 274 g/mol. The maximum atomic E-state index is 12.0. The van der Waals surface area contributed by atoms with Crippen molar-refractivity contribution < 1.29 is 9.53 Å². The molecule has 0 radical (unpaired) electrons. The number of carbonyl (C=O) groups excluding carboxylic acids is 1. The maximum absolute atomic E-state index is 12.0. The zero-order valence-corrected chi connectivity index (χ0v) is 12.1. The molecule has 5 nitrogen and oxygen atoms in total. The van der Waals surface area contributed by atoms with E-state index in [4.69, 9.17) is 10.5 Å². The van der Waals surface area contributed by atoms with Gasteiger partial charge in [0.05, 0.1) is 12.1 Å². The van der Waals surface area contributed by atoms with Crippen LogP contribution in [0.15, 0.2) is 29.6 Å². The van der Waals surface area contributed by atoms with Crippen molar-refractivity contribution in [1.29, 1.82) is 0 Å². The van der Waals surface area contributed by atoms with Crippen LogP contribution in [-0.4, -0.2) is 24.5 Å². The van der Waals surface area contributed by atoms with Crippen LogP contribution in [-0.2, 0) is 13.0 Å². The third kappa shape index (κ3) is 3.79. The van der Waals surface area contributed by atoms with Crippen molar-refractivity contribution in [2.45, 2.75) is 13.0 Å². The van der Waals surface area contributed by atoms with Crippen LogP contribution in [0.3, 0.4) is 0 Å². The first-order valence-electron chi connectivity index (χ1n) is 6.28. The Balaban J connectivity index is 1.93. The molecule has 0 atom stereocenters. The molecule has 0 fully saturated rings. The van der Waals surface area contributed by atoms with Crippen LogP contribution in [0.1, 0.15) is 21.1 Å². The summed E-state index contributed by atoms with van der Waals surface area (Å²) in [5, 5.41) is 5.48. The van der Waals surface area contributed by atoms with Crippen molar-refractivity contribution >= 4 is 17.2 Å². The van der Waals surface area contributed by atoms with Crippen LogP contribution in [0, 0.1) is 0 Å². The first kappa shape index (κ1) is 14.5. The molecule has 6 heteroatoms. The second-order valence-electron chi connectivity index (χ2n) is 4.20. The number of hydrogen-bond donors (Lipinski definition) is 2. The number of nitrogens with two attached hydrogens (primary N) is 1. The monoisotopic (exact) mass is 291 g/mol. The Morgan fingerprint density at radius 2 is 2.35 bits per heavy atom. The molecule has 0 aliphatic rings. The smallest absolute Gasteiger partial charge is 0.271 e. The lowest BCUT2D eigenvalue weighted by Gasteiger charge is -2.05. The molecule has 2 rings (SSSR count). The van der Waals surface area contributed by atoms with Gasteiger partial charge in [-0.3, -0.25) is 4.79 Å². The number of methoxy groups -OCH3 is 1. The topological polar surface area (TPSA) is 77.2 Å². The van der Waals surface area contributed by atoms with Gasteiger partial charge in [0.2, 0.25) is 0 Å². The van der Waals surface area contributed by atoms with Crippen molar-refractivity contribution in [3.63, 3.8) is 0 Å². The third-order valence-corrected chi connectivity index (χ3v) is 3.64. The molecule has 1 heterocycles. The number of nitrogens with zero attached hydrogens (tertiary/aromatic N) is 1. The predicted octanol–water partition coefficient (Wildman–Crippen LogP) is 1.58. The minimum atomic E-state index is -0.174. The molecular formula is C14H17N3O2S. The number of rotatable bonds is 6. The summed E-state index contributed by atoms with van der Waals surface area (Å²) in [6.45, 7) is 0.984. The van der Waals surface area contributed by atoms with E-state index in [1.807, 2.05) is 24.3 Å². The van der Waals surface area contributed by atoms with Crippen molar-refractivity contribution in [3.05, 3.63) is 45.9 Å². The highest BCUT2D eigenvalue weighted by atomic mass is 32.1. The summed E-state index contributed by atoms with van der Waals surface area (Å²) < 4.78 is 5.14. The average Bonchev–Trinajstić information content (AvgIpc) is 2.94. The van der Waals surface area contributed by atoms with Gasteiger partial charge in [-0.25, -0.2) is 4.98 Å². The van der Waals surface area contributed by atoms with Crippen LogP contribution in [0.4, 0.5) is 0 Å². The highest BCUT2D eigenvalue weighted by molar-refractivity contribution is 7.09. The number of hydrogen-bond acceptors (Lipinski definition) is 5. The zero-order valence-electron chi connectivity index (χ0n) is 11.3. The summed E-state index contributed by atoms with van der Waals surface area (Å²) in [6, 6.07) is 7.58. The van der Waals surface area contributed by atoms with E-state index >= 15 is 0 Å². The lowest BCUT2D eigenvalue weighted by atomic mass is 10.2. The molecule has 0 bridgehead atoms. The highest BCUT2D eigenvalue weighted by Crippen LogP contribution is 2.13. The van der Waals surface area contributed by atoms with Gasteiger partial charge in [-0.15, -0.1) is 11.3 Å². The van der Waals surface area contributed by atoms with E-state index in [1.54, 1.807) is 12.5 Å². The summed E-state index contributed by atoms with van der Waals surface area (Å²) in [5.74, 6) is 0.600. The largest absolute Gasteiger partial charge is 0.497 e. The lowest BCUT2D eigenvalue weighted by Crippen LogP contribution is -2.23. The van der Waals surface area contributed by atoms with E-state index in [0.29, 0.717) is 25.2 Å². The van der Waals surface area contributed by atoms with Crippen molar-refractivity contribution in [2.75, 3.05) is 13.7 Å². The first-order chi connectivity index (χ1) is 9.72. The molecule has 0 saturated carbocycles. The summed E-state index contributed by atoms with van der Waals surface area (Å²) >= 11 is 1.46. The van der Waals surface area contributed by atoms with Crippen molar-refractivity contribution in [3.8, 4) is 5.75 Å². The number of amides is 1. The Morgan fingerprint density at radius 3 is 3.10 bits per heavy atom. The predicted molar refractivity (Wildman–Crippen MR) is 79.0 cm³/mol. The van der Waals surface area contributed by atoms with Crippen LogP contribution in [0.25, 0.3) is 0 Å². The fourth-order valence-corrected chi connectivity index (χ4v) is 2.50. The fourth-order valence-electron chi connectivity index (χ4n) is 1.71. The molecule has 0 aliphatic heterocycles. The molecule has 0 aliphatic carbocycles. The standard InChI is InChI=1S/C14H17N3O2S/c1-19-11-4-2-3-10(7-11)8-16-14(18)12-9-20-13(17-12)5-6-15/h2-4,7,9H,5-6,8,15H2,1H3,(H,16,18). The molecule has 0 spiro atoms. The van der Waals surface area contributed by atoms with Crippen LogP contribution in [0.2, 0.25) is 0 Å². The van der Waals surface area contributed by atoms with Gasteiger partial charge in [-0.2, -0.15) is 0 Å². The molecule has 106 valence electrons. The summed E-state index contributed by atoms with van der Waals surface area (Å²) in [5.41, 5.74) is 6.89. The number of nitrogens with one attached hydrogen (secondary N) is 1. The highest BCUT2D eigenvalue weighted by Gasteiger charge is 2.10. The molecule has 0 saturated heterocycles. The van der Waals surface area contributed by atoms with Gasteiger partial charge in [0.25, 0.3) is 5.91 Å². The molecule has 1 aromatic heterocycles. The van der Waals surface area contributed by atoms with E-state index in [9.17, 15) is 4.79 Å². The van der Waals surface area contributed by atoms with Crippen LogP contribution >= 0.6 is 11.3 Å². The van der Waals surface area contributed by atoms with Crippen LogP contribution < -0.4 is 15.8 Å². The van der Waals surface area contributed by atoms with Gasteiger partial charge < -0.3 is 15.8 Å². The van der Waals surface area contributed by atoms with Crippen LogP contribution in [0.5, 0.6) is 5.75 Å². The second kappa shape index (κ2) is 7.02. The van der Waals surface area contributed by atoms with Gasteiger partial charge in [0.1, 0.15) is 11.4 Å². The Bertz CT molecular complexity index is 583. The van der Waals surface area contributed by atoms with E-state index in [1.165, 1.54) is 11.3 Å². The van der Waals surface area contributed by atoms with E-state index < -0.39 is 0 Å². The van der Waals surface area contributed by atoms with Gasteiger partial charge in [0.15, 0.2) is 0 Å². The number of carbonyl (C=O) groups is 1. The number of thiazole rings is 1. The van der Waals surface area contributed by atoms with Gasteiger partial charge >= 0.3 is 0 Å². The second-order valence-corrected chi connectivity index (χ2v) is 5.14. The first-order valence-corrected chi connectivity index (χ1v) is 7.16. The molecule has 0 unspecified atom stereocenters. The Labute approximate surface area is 121 Å². The number of benzene rings is 1. The van der Waals surface area contributed by atoms with E-state index in [-0.39, 0.29) is 5.91 Å². The Kier molecular flexibility index (Phi) is 5.09. The SMILES string of the molecule is COc1cccc(CNC(=O)c2csc(CCN)n2)c1. The average molecular weight is 291 g/mol. The normalized spacial score (nSPS) is 10.3. The quantitative estimate of drug-likeness (QED) is 0.847. The van der Waals surface area contributed by atoms with E-state index in [2.05, 4.69) is 10.3 Å². The minimum absolute atomic E-state index is 0.174. The number of ether oxygens (including phenoxy) is 1. The molecule has 1 amide bonds. The Hall–Kier alpha value is -1.92. The minimum Gasteiger partial charge on any atom is -0.497 e. The van der Waals surface area contributed by atoms with Gasteiger partial charge in [-0.1, -0.05) is 12.1 Å². The number of aromatic nitrogens is 1. The van der Waals surface area contributed by atoms with Gasteiger partial charge in [-0.05, 0) is 24.2 Å². The lowest BCUT2D eigenvalue weighted by molar-refractivity contribution is 0.0946. The van der Waals surface area contributed by atoms with E-state index in [0.717, 1.165) is 16.3 Å². The van der Waals surface area contributed by atoms with Gasteiger partial charge in [0, 0.05) is 18.3 Å². The van der Waals surface area contributed by atoms with Crippen molar-refractivity contribution in [1.82, 2.24) is 10.3 Å². The molecule has 3 N–H and O–H groups in total. The third-order valence-electron chi connectivity index (χ3n) is 2.73.